The Morgan fingerprint density at radius 1 is 1.04 bits per heavy atom. The molecule has 1 heterocycles. The molecule has 2 aromatic carbocycles. The second kappa shape index (κ2) is 7.62. The van der Waals surface area contributed by atoms with Gasteiger partial charge in [-0.15, -0.1) is 0 Å². The van der Waals surface area contributed by atoms with Gasteiger partial charge in [0, 0.05) is 23.9 Å². The van der Waals surface area contributed by atoms with Gasteiger partial charge in [-0.25, -0.2) is 0 Å². The van der Waals surface area contributed by atoms with E-state index in [0.29, 0.717) is 18.6 Å². The lowest BCUT2D eigenvalue weighted by Gasteiger charge is -2.08. The third kappa shape index (κ3) is 4.67. The molecule has 3 aromatic rings. The second-order valence-corrected chi connectivity index (χ2v) is 6.00. The van der Waals surface area contributed by atoms with Crippen LogP contribution in [-0.2, 0) is 13.0 Å². The fraction of sp³-hybridized carbons (Fsp3) is 0.143. The summed E-state index contributed by atoms with van der Waals surface area (Å²) >= 11 is 0. The molecule has 1 amide bonds. The number of rotatable bonds is 6. The number of nitrogens with two attached hydrogens (primary N) is 1. The number of aromatic nitrogens is 1. The Labute approximate surface area is 147 Å². The molecule has 0 spiro atoms. The van der Waals surface area contributed by atoms with E-state index in [1.165, 1.54) is 5.56 Å². The van der Waals surface area contributed by atoms with Gasteiger partial charge in [-0.1, -0.05) is 24.3 Å². The van der Waals surface area contributed by atoms with E-state index in [1.807, 2.05) is 55.5 Å². The maximum absolute atomic E-state index is 11.1. The number of aryl methyl sites for hydroxylation is 1. The third-order valence-electron chi connectivity index (χ3n) is 3.90. The van der Waals surface area contributed by atoms with Crippen LogP contribution in [0.25, 0.3) is 0 Å². The van der Waals surface area contributed by atoms with Gasteiger partial charge in [0.1, 0.15) is 12.4 Å². The Hall–Kier alpha value is -3.14. The zero-order valence-electron chi connectivity index (χ0n) is 14.1. The molecule has 0 unspecified atom stereocenters. The summed E-state index contributed by atoms with van der Waals surface area (Å²) in [5.41, 5.74) is 10.0. The molecule has 0 aliphatic rings. The molecule has 0 saturated heterocycles. The Kier molecular flexibility index (Phi) is 5.09. The van der Waals surface area contributed by atoms with E-state index >= 15 is 0 Å². The molecule has 0 radical (unpaired) electrons. The molecule has 0 aliphatic carbocycles. The summed E-state index contributed by atoms with van der Waals surface area (Å²) in [7, 11) is 0. The number of hydrogen-bond donors (Lipinski definition) is 1. The van der Waals surface area contributed by atoms with Crippen molar-refractivity contribution in [3.63, 3.8) is 0 Å². The van der Waals surface area contributed by atoms with Gasteiger partial charge in [0.25, 0.3) is 0 Å². The van der Waals surface area contributed by atoms with Crippen molar-refractivity contribution in [2.24, 2.45) is 5.73 Å². The second-order valence-electron chi connectivity index (χ2n) is 6.00. The lowest BCUT2D eigenvalue weighted by atomic mass is 10.1. The molecule has 0 saturated carbocycles. The van der Waals surface area contributed by atoms with Crippen LogP contribution in [0.15, 0.2) is 66.9 Å². The molecule has 0 aliphatic heterocycles. The van der Waals surface area contributed by atoms with Crippen LogP contribution >= 0.6 is 0 Å². The van der Waals surface area contributed by atoms with Gasteiger partial charge in [0.05, 0.1) is 0 Å². The van der Waals surface area contributed by atoms with Crippen LogP contribution in [0.4, 0.5) is 0 Å². The summed E-state index contributed by atoms with van der Waals surface area (Å²) < 4.78 is 5.84. The number of pyridine rings is 1. The number of carbonyl (C=O) groups excluding carboxylic acids is 1. The summed E-state index contributed by atoms with van der Waals surface area (Å²) in [4.78, 5) is 15.5. The Balaban J connectivity index is 1.65. The molecular formula is C21H20N2O2. The maximum Gasteiger partial charge on any atom is 0.248 e. The SMILES string of the molecule is Cc1cccc(OCc2ccnc(Cc3ccc(C(N)=O)cc3)c2)c1. The first-order valence-corrected chi connectivity index (χ1v) is 8.12. The molecule has 4 nitrogen and oxygen atoms in total. The van der Waals surface area contributed by atoms with Gasteiger partial charge < -0.3 is 10.5 Å². The lowest BCUT2D eigenvalue weighted by Crippen LogP contribution is -2.10. The predicted octanol–water partition coefficient (Wildman–Crippen LogP) is 3.66. The van der Waals surface area contributed by atoms with E-state index < -0.39 is 5.91 Å². The van der Waals surface area contributed by atoms with Gasteiger partial charge in [-0.3, -0.25) is 9.78 Å². The minimum Gasteiger partial charge on any atom is -0.489 e. The van der Waals surface area contributed by atoms with Crippen molar-refractivity contribution in [3.05, 3.63) is 94.8 Å². The van der Waals surface area contributed by atoms with Crippen LogP contribution in [0.2, 0.25) is 0 Å². The van der Waals surface area contributed by atoms with Crippen molar-refractivity contribution in [1.82, 2.24) is 4.98 Å². The molecule has 4 heteroatoms. The van der Waals surface area contributed by atoms with Gasteiger partial charge in [0.2, 0.25) is 5.91 Å². The van der Waals surface area contributed by atoms with E-state index in [2.05, 4.69) is 4.98 Å². The topological polar surface area (TPSA) is 65.2 Å². The Morgan fingerprint density at radius 3 is 2.56 bits per heavy atom. The summed E-state index contributed by atoms with van der Waals surface area (Å²) in [6, 6.07) is 19.3. The van der Waals surface area contributed by atoms with E-state index in [1.54, 1.807) is 18.3 Å². The lowest BCUT2D eigenvalue weighted by molar-refractivity contribution is 0.100. The number of carbonyl (C=O) groups is 1. The minimum absolute atomic E-state index is 0.417. The number of benzene rings is 2. The molecule has 1 aromatic heterocycles. The van der Waals surface area contributed by atoms with E-state index in [0.717, 1.165) is 22.6 Å². The molecule has 25 heavy (non-hydrogen) atoms. The van der Waals surface area contributed by atoms with Crippen LogP contribution in [-0.4, -0.2) is 10.9 Å². The first-order chi connectivity index (χ1) is 12.1. The van der Waals surface area contributed by atoms with Crippen molar-refractivity contribution in [2.75, 3.05) is 0 Å². The van der Waals surface area contributed by atoms with Crippen molar-refractivity contribution >= 4 is 5.91 Å². The number of hydrogen-bond acceptors (Lipinski definition) is 3. The zero-order chi connectivity index (χ0) is 17.6. The molecule has 126 valence electrons. The van der Waals surface area contributed by atoms with Gasteiger partial charge in [0.15, 0.2) is 0 Å². The maximum atomic E-state index is 11.1. The summed E-state index contributed by atoms with van der Waals surface area (Å²) in [5.74, 6) is 0.445. The van der Waals surface area contributed by atoms with E-state index in [-0.39, 0.29) is 0 Å². The average Bonchev–Trinajstić information content (AvgIpc) is 2.61. The highest BCUT2D eigenvalue weighted by Gasteiger charge is 2.03. The number of ether oxygens (including phenoxy) is 1. The number of primary amides is 1. The van der Waals surface area contributed by atoms with Crippen LogP contribution in [0, 0.1) is 6.92 Å². The monoisotopic (exact) mass is 332 g/mol. The van der Waals surface area contributed by atoms with Crippen LogP contribution in [0.5, 0.6) is 5.75 Å². The van der Waals surface area contributed by atoms with Crippen molar-refractivity contribution in [1.29, 1.82) is 0 Å². The van der Waals surface area contributed by atoms with Crippen molar-refractivity contribution in [2.45, 2.75) is 20.0 Å². The average molecular weight is 332 g/mol. The first kappa shape index (κ1) is 16.7. The summed E-state index contributed by atoms with van der Waals surface area (Å²) in [6.07, 6.45) is 2.49. The number of nitrogens with zero attached hydrogens (tertiary/aromatic N) is 1. The predicted molar refractivity (Wildman–Crippen MR) is 97.5 cm³/mol. The molecular weight excluding hydrogens is 312 g/mol. The van der Waals surface area contributed by atoms with Crippen LogP contribution in [0.1, 0.15) is 32.7 Å². The van der Waals surface area contributed by atoms with Crippen molar-refractivity contribution in [3.8, 4) is 5.75 Å². The van der Waals surface area contributed by atoms with Crippen LogP contribution in [0.3, 0.4) is 0 Å². The van der Waals surface area contributed by atoms with E-state index in [9.17, 15) is 4.79 Å². The first-order valence-electron chi connectivity index (χ1n) is 8.12. The van der Waals surface area contributed by atoms with E-state index in [4.69, 9.17) is 10.5 Å². The van der Waals surface area contributed by atoms with Gasteiger partial charge >= 0.3 is 0 Å². The Morgan fingerprint density at radius 2 is 1.84 bits per heavy atom. The molecule has 0 atom stereocenters. The molecule has 0 fully saturated rings. The third-order valence-corrected chi connectivity index (χ3v) is 3.90. The van der Waals surface area contributed by atoms with Crippen molar-refractivity contribution < 1.29 is 9.53 Å². The van der Waals surface area contributed by atoms with Crippen LogP contribution < -0.4 is 10.5 Å². The largest absolute Gasteiger partial charge is 0.489 e. The normalized spacial score (nSPS) is 10.4. The Bertz CT molecular complexity index is 873. The highest BCUT2D eigenvalue weighted by atomic mass is 16.5. The minimum atomic E-state index is -0.417. The number of amides is 1. The standard InChI is InChI=1S/C21H20N2O2/c1-15-3-2-4-20(11-15)25-14-17-9-10-23-19(13-17)12-16-5-7-18(8-6-16)21(22)24/h2-11,13H,12,14H2,1H3,(H2,22,24). The van der Waals surface area contributed by atoms with Gasteiger partial charge in [-0.05, 0) is 60.0 Å². The summed E-state index contributed by atoms with van der Waals surface area (Å²) in [6.45, 7) is 2.54. The summed E-state index contributed by atoms with van der Waals surface area (Å²) in [5, 5.41) is 0. The van der Waals surface area contributed by atoms with Gasteiger partial charge in [-0.2, -0.15) is 0 Å². The highest BCUT2D eigenvalue weighted by Crippen LogP contribution is 2.16. The zero-order valence-corrected chi connectivity index (χ0v) is 14.1. The molecule has 3 rings (SSSR count). The fourth-order valence-corrected chi connectivity index (χ4v) is 2.58. The molecule has 0 bridgehead atoms. The molecule has 2 N–H and O–H groups in total. The quantitative estimate of drug-likeness (QED) is 0.749. The fourth-order valence-electron chi connectivity index (χ4n) is 2.58. The highest BCUT2D eigenvalue weighted by molar-refractivity contribution is 5.92. The smallest absolute Gasteiger partial charge is 0.248 e.